The van der Waals surface area contributed by atoms with Gasteiger partial charge in [0.2, 0.25) is 5.91 Å². The van der Waals surface area contributed by atoms with Crippen LogP contribution < -0.4 is 20.1 Å². The topological polar surface area (TPSA) is 118 Å². The molecule has 0 radical (unpaired) electrons. The standard InChI is InChI=1S/C19H22N2O3.C12H10N2O2/c1-20-16-10-14(4-5-17(16)24-9-7-18(20)22)6-8-19(23)12-21(13-19)11-15-2-3-15;13-12(15)11-8-10(6-7-14-11)16-9-4-2-1-3-5-9/h4-5,10,15,23H,2-3,7,9,11-13H2,1H3;1-8H,(H2,13,15). The second-order valence-electron chi connectivity index (χ2n) is 10.3. The Morgan fingerprint density at radius 1 is 1.15 bits per heavy atom. The second-order valence-corrected chi connectivity index (χ2v) is 10.3. The predicted molar refractivity (Wildman–Crippen MR) is 150 cm³/mol. The van der Waals surface area contributed by atoms with Crippen LogP contribution in [0.15, 0.2) is 66.9 Å². The fraction of sp³-hybridized carbons (Fsp3) is 0.323. The van der Waals surface area contributed by atoms with E-state index in [-0.39, 0.29) is 11.6 Å². The van der Waals surface area contributed by atoms with Crippen LogP contribution >= 0.6 is 0 Å². The maximum atomic E-state index is 12.0. The molecule has 206 valence electrons. The minimum Gasteiger partial charge on any atom is -0.491 e. The van der Waals surface area contributed by atoms with E-state index in [0.717, 1.165) is 23.7 Å². The Morgan fingerprint density at radius 3 is 2.65 bits per heavy atom. The van der Waals surface area contributed by atoms with Crippen LogP contribution in [0.25, 0.3) is 0 Å². The highest BCUT2D eigenvalue weighted by atomic mass is 16.5. The number of hydrogen-bond donors (Lipinski definition) is 2. The maximum Gasteiger partial charge on any atom is 0.267 e. The number of aliphatic hydroxyl groups is 1. The quantitative estimate of drug-likeness (QED) is 0.477. The highest BCUT2D eigenvalue weighted by Crippen LogP contribution is 2.33. The summed E-state index contributed by atoms with van der Waals surface area (Å²) in [4.78, 5) is 30.6. The smallest absolute Gasteiger partial charge is 0.267 e. The van der Waals surface area contributed by atoms with Crippen molar-refractivity contribution in [3.8, 4) is 29.1 Å². The summed E-state index contributed by atoms with van der Waals surface area (Å²) in [5, 5.41) is 10.4. The van der Waals surface area contributed by atoms with Crippen LogP contribution in [0.4, 0.5) is 5.69 Å². The summed E-state index contributed by atoms with van der Waals surface area (Å²) in [6.45, 7) is 2.75. The van der Waals surface area contributed by atoms with Crippen molar-refractivity contribution >= 4 is 17.5 Å². The molecule has 1 saturated heterocycles. The number of para-hydroxylation sites is 1. The molecule has 1 saturated carbocycles. The van der Waals surface area contributed by atoms with Crippen molar-refractivity contribution in [1.82, 2.24) is 9.88 Å². The molecule has 0 unspecified atom stereocenters. The number of nitrogens with two attached hydrogens (primary N) is 1. The first kappa shape index (κ1) is 27.2. The van der Waals surface area contributed by atoms with Crippen LogP contribution in [0, 0.1) is 17.8 Å². The first-order valence-corrected chi connectivity index (χ1v) is 13.3. The van der Waals surface area contributed by atoms with Crippen LogP contribution in [0.1, 0.15) is 35.3 Å². The largest absolute Gasteiger partial charge is 0.491 e. The zero-order valence-electron chi connectivity index (χ0n) is 22.4. The van der Waals surface area contributed by atoms with Crippen LogP contribution in [0.5, 0.6) is 17.2 Å². The zero-order chi connectivity index (χ0) is 28.1. The molecule has 3 aromatic rings. The number of amides is 2. The number of carbonyl (C=O) groups excluding carboxylic acids is 2. The molecule has 6 rings (SSSR count). The Bertz CT molecular complexity index is 1440. The summed E-state index contributed by atoms with van der Waals surface area (Å²) in [5.74, 6) is 8.30. The highest BCUT2D eigenvalue weighted by Gasteiger charge is 2.41. The molecule has 3 heterocycles. The highest BCUT2D eigenvalue weighted by molar-refractivity contribution is 5.95. The number of benzene rings is 2. The second kappa shape index (κ2) is 11.8. The lowest BCUT2D eigenvalue weighted by Gasteiger charge is -2.43. The third-order valence-electron chi connectivity index (χ3n) is 6.85. The molecule has 2 amide bonds. The van der Waals surface area contributed by atoms with Gasteiger partial charge < -0.3 is 25.2 Å². The first-order chi connectivity index (χ1) is 19.3. The average molecular weight is 541 g/mol. The van der Waals surface area contributed by atoms with Crippen LogP contribution in [0.3, 0.4) is 0 Å². The number of nitrogens with zero attached hydrogens (tertiary/aromatic N) is 3. The van der Waals surface area contributed by atoms with E-state index < -0.39 is 11.5 Å². The van der Waals surface area contributed by atoms with Crippen molar-refractivity contribution in [2.75, 3.05) is 38.2 Å². The monoisotopic (exact) mass is 540 g/mol. The molecule has 9 heteroatoms. The summed E-state index contributed by atoms with van der Waals surface area (Å²) in [6.07, 6.45) is 4.51. The molecule has 0 spiro atoms. The molecule has 2 aromatic carbocycles. The minimum atomic E-state index is -0.903. The molecule has 2 fully saturated rings. The molecule has 40 heavy (non-hydrogen) atoms. The lowest BCUT2D eigenvalue weighted by atomic mass is 9.94. The van der Waals surface area contributed by atoms with Gasteiger partial charge in [-0.25, -0.2) is 0 Å². The van der Waals surface area contributed by atoms with E-state index in [1.54, 1.807) is 18.0 Å². The number of likely N-dealkylation sites (tertiary alicyclic amines) is 1. The number of carbonyl (C=O) groups is 2. The number of hydrogen-bond acceptors (Lipinski definition) is 7. The van der Waals surface area contributed by atoms with Gasteiger partial charge in [0.25, 0.3) is 5.91 Å². The van der Waals surface area contributed by atoms with Gasteiger partial charge in [0.15, 0.2) is 5.60 Å². The van der Waals surface area contributed by atoms with Crippen molar-refractivity contribution in [2.24, 2.45) is 11.7 Å². The van der Waals surface area contributed by atoms with Crippen molar-refractivity contribution < 1.29 is 24.2 Å². The van der Waals surface area contributed by atoms with Gasteiger partial charge in [-0.05, 0) is 55.2 Å². The molecule has 0 atom stereocenters. The van der Waals surface area contributed by atoms with E-state index in [0.29, 0.717) is 43.4 Å². The van der Waals surface area contributed by atoms with E-state index in [9.17, 15) is 14.7 Å². The normalized spacial score (nSPS) is 17.4. The summed E-state index contributed by atoms with van der Waals surface area (Å²) in [5.41, 5.74) is 5.93. The third-order valence-corrected chi connectivity index (χ3v) is 6.85. The van der Waals surface area contributed by atoms with Crippen LogP contribution in [-0.4, -0.2) is 65.7 Å². The number of fused-ring (bicyclic) bond motifs is 1. The number of primary amides is 1. The van der Waals surface area contributed by atoms with E-state index in [1.807, 2.05) is 48.5 Å². The number of rotatable bonds is 5. The van der Waals surface area contributed by atoms with Crippen LogP contribution in [-0.2, 0) is 4.79 Å². The van der Waals surface area contributed by atoms with Crippen molar-refractivity contribution in [3.05, 3.63) is 78.1 Å². The Kier molecular flexibility index (Phi) is 8.01. The van der Waals surface area contributed by atoms with Crippen molar-refractivity contribution in [3.63, 3.8) is 0 Å². The van der Waals surface area contributed by atoms with Gasteiger partial charge in [0.05, 0.1) is 18.7 Å². The van der Waals surface area contributed by atoms with E-state index in [2.05, 4.69) is 21.7 Å². The van der Waals surface area contributed by atoms with Gasteiger partial charge in [-0.3, -0.25) is 19.5 Å². The molecule has 0 bridgehead atoms. The average Bonchev–Trinajstić information content (AvgIpc) is 3.77. The van der Waals surface area contributed by atoms with Gasteiger partial charge in [0, 0.05) is 44.5 Å². The maximum absolute atomic E-state index is 12.0. The summed E-state index contributed by atoms with van der Waals surface area (Å²) in [7, 11) is 1.75. The van der Waals surface area contributed by atoms with Crippen molar-refractivity contribution in [2.45, 2.75) is 24.9 Å². The fourth-order valence-electron chi connectivity index (χ4n) is 4.52. The molecule has 1 aromatic heterocycles. The van der Waals surface area contributed by atoms with E-state index >= 15 is 0 Å². The summed E-state index contributed by atoms with van der Waals surface area (Å²) < 4.78 is 11.1. The minimum absolute atomic E-state index is 0.0344. The van der Waals surface area contributed by atoms with Gasteiger partial charge in [0.1, 0.15) is 22.9 Å². The van der Waals surface area contributed by atoms with Crippen LogP contribution in [0.2, 0.25) is 0 Å². The van der Waals surface area contributed by atoms with Gasteiger partial charge >= 0.3 is 0 Å². The van der Waals surface area contributed by atoms with Crippen molar-refractivity contribution in [1.29, 1.82) is 0 Å². The summed E-state index contributed by atoms with van der Waals surface area (Å²) in [6, 6.07) is 18.0. The Morgan fingerprint density at radius 2 is 1.93 bits per heavy atom. The lowest BCUT2D eigenvalue weighted by molar-refractivity contribution is -0.118. The fourth-order valence-corrected chi connectivity index (χ4v) is 4.52. The zero-order valence-corrected chi connectivity index (χ0v) is 22.4. The van der Waals surface area contributed by atoms with Gasteiger partial charge in [-0.1, -0.05) is 30.0 Å². The number of aromatic nitrogens is 1. The molecule has 1 aliphatic carbocycles. The molecule has 2 aliphatic heterocycles. The third kappa shape index (κ3) is 6.97. The number of β-amino-alcohol motifs (C(OH)–C–C–N with tert-alkyl or cyclic N) is 1. The van der Waals surface area contributed by atoms with E-state index in [4.69, 9.17) is 15.2 Å². The predicted octanol–water partition coefficient (Wildman–Crippen LogP) is 3.21. The Hall–Kier alpha value is -4.39. The molecule has 9 nitrogen and oxygen atoms in total. The van der Waals surface area contributed by atoms with Gasteiger partial charge in [-0.2, -0.15) is 0 Å². The number of anilines is 1. The van der Waals surface area contributed by atoms with Gasteiger partial charge in [-0.15, -0.1) is 0 Å². The Balaban J connectivity index is 0.000000176. The molecular formula is C31H32N4O5. The number of ether oxygens (including phenoxy) is 2. The molecule has 3 aliphatic rings. The first-order valence-electron chi connectivity index (χ1n) is 13.3. The number of pyridine rings is 1. The lowest BCUT2D eigenvalue weighted by Crippen LogP contribution is -2.61. The Labute approximate surface area is 233 Å². The van der Waals surface area contributed by atoms with E-state index in [1.165, 1.54) is 25.1 Å². The molecule has 3 N–H and O–H groups in total. The summed E-state index contributed by atoms with van der Waals surface area (Å²) >= 11 is 0. The molecular weight excluding hydrogens is 508 g/mol. The SMILES string of the molecule is CN1C(=O)CCOc2ccc(C#CC3(O)CN(CC4CC4)C3)cc21.NC(=O)c1cc(Oc2ccccc2)ccn1.